The van der Waals surface area contributed by atoms with Crippen LogP contribution in [0.3, 0.4) is 0 Å². The molecule has 1 aromatic heterocycles. The second-order valence-corrected chi connectivity index (χ2v) is 11.0. The number of furan rings is 1. The van der Waals surface area contributed by atoms with E-state index in [1.54, 1.807) is 0 Å². The average Bonchev–Trinajstić information content (AvgIpc) is 3.58. The van der Waals surface area contributed by atoms with Gasteiger partial charge in [0.05, 0.1) is 12.3 Å². The first-order valence-corrected chi connectivity index (χ1v) is 14.7. The molecule has 0 unspecified atom stereocenters. The minimum absolute atomic E-state index is 0.0358. The molecule has 210 valence electrons. The molecule has 0 atom stereocenters. The Morgan fingerprint density at radius 2 is 0.978 bits per heavy atom. The average molecular weight is 582 g/mol. The summed E-state index contributed by atoms with van der Waals surface area (Å²) < 4.78 is 85.2. The Morgan fingerprint density at radius 3 is 1.69 bits per heavy atom. The lowest BCUT2D eigenvalue weighted by molar-refractivity contribution is 0.669. The zero-order chi connectivity index (χ0) is 37.6. The van der Waals surface area contributed by atoms with Crippen LogP contribution in [0, 0.1) is 0 Å². The largest absolute Gasteiger partial charge is 0.456 e. The van der Waals surface area contributed by atoms with E-state index in [4.69, 9.17) is 14.0 Å². The number of rotatable bonds is 4. The van der Waals surface area contributed by atoms with Crippen molar-refractivity contribution in [3.05, 3.63) is 170 Å². The zero-order valence-electron chi connectivity index (χ0n) is 32.9. The third kappa shape index (κ3) is 4.17. The molecular weight excluding hydrogens is 544 g/mol. The van der Waals surface area contributed by atoms with E-state index in [0.717, 1.165) is 55.0 Å². The first-order valence-electron chi connectivity index (χ1n) is 19.2. The van der Waals surface area contributed by atoms with Crippen LogP contribution in [0.1, 0.15) is 12.3 Å². The van der Waals surface area contributed by atoms with Crippen LogP contribution in [0.2, 0.25) is 0 Å². The number of benzene rings is 8. The van der Waals surface area contributed by atoms with E-state index in [0.29, 0.717) is 16.3 Å². The molecular formula is C44H28O. The van der Waals surface area contributed by atoms with Gasteiger partial charge in [-0.3, -0.25) is 0 Å². The Kier molecular flexibility index (Phi) is 4.15. The van der Waals surface area contributed by atoms with E-state index in [1.165, 1.54) is 0 Å². The summed E-state index contributed by atoms with van der Waals surface area (Å²) in [5, 5.41) is 4.88. The molecule has 0 aliphatic carbocycles. The molecule has 0 bridgehead atoms. The quantitative estimate of drug-likeness (QED) is 0.188. The third-order valence-electron chi connectivity index (χ3n) is 8.41. The van der Waals surface area contributed by atoms with E-state index in [1.807, 2.05) is 91.0 Å². The number of para-hydroxylation sites is 1. The standard InChI is InChI=1S/C44H28O/c1-3-14-29(15-4-1)31-18-13-19-32(26-31)42-34-20-7-9-22-36(34)43(37-23-10-8-21-35(37)42)39-27-33(30-16-5-2-6-17-30)28-41-44(39)38-24-11-12-25-40(38)45-41/h1-28H/i1D,3D,4D,13D,14D,15D,18D,19D,26D. The molecule has 0 N–H and O–H groups in total. The van der Waals surface area contributed by atoms with E-state index in [9.17, 15) is 2.74 Å². The van der Waals surface area contributed by atoms with E-state index in [2.05, 4.69) is 24.3 Å². The van der Waals surface area contributed by atoms with Crippen molar-refractivity contribution < 1.29 is 16.8 Å². The summed E-state index contributed by atoms with van der Waals surface area (Å²) in [6.07, 6.45) is 0. The van der Waals surface area contributed by atoms with Crippen LogP contribution in [0.15, 0.2) is 174 Å². The maximum atomic E-state index is 9.59. The highest BCUT2D eigenvalue weighted by Crippen LogP contribution is 2.48. The lowest BCUT2D eigenvalue weighted by Crippen LogP contribution is -1.92. The first kappa shape index (κ1) is 18.0. The molecule has 0 amide bonds. The summed E-state index contributed by atoms with van der Waals surface area (Å²) >= 11 is 0. The predicted molar refractivity (Wildman–Crippen MR) is 190 cm³/mol. The molecule has 0 saturated carbocycles. The minimum Gasteiger partial charge on any atom is -0.456 e. The molecule has 0 aliphatic heterocycles. The van der Waals surface area contributed by atoms with Gasteiger partial charge < -0.3 is 4.42 Å². The molecule has 0 spiro atoms. The van der Waals surface area contributed by atoms with Crippen LogP contribution in [-0.4, -0.2) is 0 Å². The van der Waals surface area contributed by atoms with Crippen LogP contribution < -0.4 is 0 Å². The molecule has 9 rings (SSSR count). The number of hydrogen-bond acceptors (Lipinski definition) is 1. The van der Waals surface area contributed by atoms with Crippen molar-refractivity contribution in [2.75, 3.05) is 0 Å². The molecule has 0 radical (unpaired) electrons. The predicted octanol–water partition coefficient (Wildman–Crippen LogP) is 12.6. The highest BCUT2D eigenvalue weighted by molar-refractivity contribution is 6.26. The maximum Gasteiger partial charge on any atom is 0.136 e. The minimum atomic E-state index is -0.607. The van der Waals surface area contributed by atoms with Crippen molar-refractivity contribution in [3.8, 4) is 44.5 Å². The first-order chi connectivity index (χ1) is 26.1. The molecule has 0 fully saturated rings. The second-order valence-electron chi connectivity index (χ2n) is 11.0. The van der Waals surface area contributed by atoms with Gasteiger partial charge in [0.15, 0.2) is 0 Å². The van der Waals surface area contributed by atoms with Crippen molar-refractivity contribution in [2.45, 2.75) is 0 Å². The van der Waals surface area contributed by atoms with E-state index >= 15 is 0 Å². The van der Waals surface area contributed by atoms with E-state index < -0.39 is 42.3 Å². The topological polar surface area (TPSA) is 13.1 Å². The zero-order valence-corrected chi connectivity index (χ0v) is 23.9. The van der Waals surface area contributed by atoms with Gasteiger partial charge in [0.2, 0.25) is 0 Å². The molecule has 1 heteroatoms. The van der Waals surface area contributed by atoms with Gasteiger partial charge in [-0.2, -0.15) is 0 Å². The van der Waals surface area contributed by atoms with Gasteiger partial charge in [-0.1, -0.05) is 145 Å². The molecule has 45 heavy (non-hydrogen) atoms. The van der Waals surface area contributed by atoms with Gasteiger partial charge >= 0.3 is 0 Å². The van der Waals surface area contributed by atoms with Gasteiger partial charge in [-0.25, -0.2) is 0 Å². The lowest BCUT2D eigenvalue weighted by atomic mass is 9.83. The Hall–Kier alpha value is -5.92. The number of fused-ring (bicyclic) bond motifs is 5. The van der Waals surface area contributed by atoms with Crippen LogP contribution in [0.4, 0.5) is 0 Å². The smallest absolute Gasteiger partial charge is 0.136 e. The fourth-order valence-corrected chi connectivity index (χ4v) is 6.51. The highest BCUT2D eigenvalue weighted by atomic mass is 16.3. The molecule has 8 aromatic carbocycles. The van der Waals surface area contributed by atoms with Gasteiger partial charge in [0.1, 0.15) is 11.2 Å². The highest BCUT2D eigenvalue weighted by Gasteiger charge is 2.21. The Balaban J connectivity index is 1.45. The summed E-state index contributed by atoms with van der Waals surface area (Å²) in [5.41, 5.74) is 5.17. The SMILES string of the molecule is [2H]c1c([2H])c([2H])c(-c2c([2H])c([2H])c([2H])c(-c3c4ccccc4c(-c4cc(-c5ccccc5)cc5oc6ccccc6c45)c4ccccc34)c2[2H])c([2H])c1[2H]. The summed E-state index contributed by atoms with van der Waals surface area (Å²) in [6, 6.07) is 32.9. The van der Waals surface area contributed by atoms with Crippen LogP contribution >= 0.6 is 0 Å². The maximum absolute atomic E-state index is 9.59. The van der Waals surface area contributed by atoms with Gasteiger partial charge in [-0.05, 0) is 90.3 Å². The fourth-order valence-electron chi connectivity index (χ4n) is 6.51. The van der Waals surface area contributed by atoms with E-state index in [-0.39, 0.29) is 28.8 Å². The van der Waals surface area contributed by atoms with Crippen LogP contribution in [-0.2, 0) is 0 Å². The van der Waals surface area contributed by atoms with Crippen LogP contribution in [0.25, 0.3) is 88.0 Å². The van der Waals surface area contributed by atoms with Crippen molar-refractivity contribution in [1.29, 1.82) is 0 Å². The van der Waals surface area contributed by atoms with Gasteiger partial charge in [0.25, 0.3) is 0 Å². The van der Waals surface area contributed by atoms with Gasteiger partial charge in [-0.15, -0.1) is 0 Å². The third-order valence-corrected chi connectivity index (χ3v) is 8.41. The van der Waals surface area contributed by atoms with Gasteiger partial charge in [0, 0.05) is 10.8 Å². The van der Waals surface area contributed by atoms with Crippen molar-refractivity contribution in [3.63, 3.8) is 0 Å². The second kappa shape index (κ2) is 10.4. The lowest BCUT2D eigenvalue weighted by Gasteiger charge is -2.19. The normalized spacial score (nSPS) is 14.4. The Bertz CT molecular complexity index is 2960. The summed E-state index contributed by atoms with van der Waals surface area (Å²) in [5.74, 6) is 0. The van der Waals surface area contributed by atoms with Crippen molar-refractivity contribution in [1.82, 2.24) is 0 Å². The van der Waals surface area contributed by atoms with Crippen molar-refractivity contribution >= 4 is 43.5 Å². The van der Waals surface area contributed by atoms with Crippen molar-refractivity contribution in [2.24, 2.45) is 0 Å². The molecule has 9 aromatic rings. The molecule has 1 heterocycles. The molecule has 1 nitrogen and oxygen atoms in total. The summed E-state index contributed by atoms with van der Waals surface area (Å²) in [7, 11) is 0. The molecule has 0 aliphatic rings. The monoisotopic (exact) mass is 581 g/mol. The number of hydrogen-bond donors (Lipinski definition) is 0. The summed E-state index contributed by atoms with van der Waals surface area (Å²) in [6.45, 7) is 0. The molecule has 0 saturated heterocycles. The summed E-state index contributed by atoms with van der Waals surface area (Å²) in [4.78, 5) is 0. The Labute approximate surface area is 274 Å². The van der Waals surface area contributed by atoms with Crippen LogP contribution in [0.5, 0.6) is 0 Å². The Morgan fingerprint density at radius 1 is 0.400 bits per heavy atom. The fraction of sp³-hybridized carbons (Fsp3) is 0.